The molecule has 0 spiro atoms. The number of nitrogens with zero attached hydrogens (tertiary/aromatic N) is 1. The zero-order chi connectivity index (χ0) is 11.3. The van der Waals surface area contributed by atoms with E-state index >= 15 is 0 Å². The number of hydrogen-bond acceptors (Lipinski definition) is 2. The summed E-state index contributed by atoms with van der Waals surface area (Å²) < 4.78 is 6.55. The highest BCUT2D eigenvalue weighted by Crippen LogP contribution is 2.10. The molecule has 1 aromatic rings. The number of methoxy groups -OCH3 is 1. The van der Waals surface area contributed by atoms with E-state index < -0.39 is 0 Å². The van der Waals surface area contributed by atoms with Crippen molar-refractivity contribution < 1.29 is 9.53 Å². The van der Waals surface area contributed by atoms with Gasteiger partial charge in [-0.3, -0.25) is 7.91 Å². The summed E-state index contributed by atoms with van der Waals surface area (Å²) in [5, 5.41) is 0. The smallest absolute Gasteiger partial charge is 0.262 e. The molecule has 1 rings (SSSR count). The zero-order valence-corrected chi connectivity index (χ0v) is 11.0. The van der Waals surface area contributed by atoms with Crippen molar-refractivity contribution in [3.05, 3.63) is 35.4 Å². The normalized spacial score (nSPS) is 10.1. The van der Waals surface area contributed by atoms with Crippen LogP contribution >= 0.6 is 22.9 Å². The molecule has 0 aliphatic heterocycles. The second kappa shape index (κ2) is 6.07. The molecule has 1 aromatic carbocycles. The van der Waals surface area contributed by atoms with Crippen molar-refractivity contribution in [2.75, 3.05) is 20.3 Å². The van der Waals surface area contributed by atoms with Crippen LogP contribution in [0, 0.1) is 6.92 Å². The molecule has 0 saturated carbocycles. The SMILES string of the molecule is COCCN(I)C(=O)c1ccc(C)cc1. The number of benzene rings is 1. The molecule has 4 heteroatoms. The van der Waals surface area contributed by atoms with Crippen LogP contribution in [0.1, 0.15) is 15.9 Å². The van der Waals surface area contributed by atoms with Crippen molar-refractivity contribution in [2.24, 2.45) is 0 Å². The fraction of sp³-hybridized carbons (Fsp3) is 0.364. The topological polar surface area (TPSA) is 29.5 Å². The lowest BCUT2D eigenvalue weighted by Gasteiger charge is -2.13. The molecule has 0 saturated heterocycles. The monoisotopic (exact) mass is 319 g/mol. The van der Waals surface area contributed by atoms with Crippen LogP contribution in [-0.4, -0.2) is 29.3 Å². The quantitative estimate of drug-likeness (QED) is 0.630. The highest BCUT2D eigenvalue weighted by molar-refractivity contribution is 14.1. The van der Waals surface area contributed by atoms with Gasteiger partial charge in [-0.15, -0.1) is 0 Å². The van der Waals surface area contributed by atoms with Crippen LogP contribution in [0.25, 0.3) is 0 Å². The summed E-state index contributed by atoms with van der Waals surface area (Å²) in [6.07, 6.45) is 0. The minimum atomic E-state index is 0.0210. The number of hydrogen-bond donors (Lipinski definition) is 0. The van der Waals surface area contributed by atoms with E-state index in [1.165, 1.54) is 0 Å². The Morgan fingerprint density at radius 2 is 2.00 bits per heavy atom. The Hall–Kier alpha value is -0.620. The van der Waals surface area contributed by atoms with Gasteiger partial charge in [0.05, 0.1) is 36.0 Å². The maximum atomic E-state index is 11.8. The van der Waals surface area contributed by atoms with Crippen LogP contribution in [0.5, 0.6) is 0 Å². The van der Waals surface area contributed by atoms with E-state index in [0.29, 0.717) is 18.7 Å². The summed E-state index contributed by atoms with van der Waals surface area (Å²) in [6.45, 7) is 3.16. The van der Waals surface area contributed by atoms with Gasteiger partial charge in [-0.25, -0.2) is 0 Å². The summed E-state index contributed by atoms with van der Waals surface area (Å²) in [5.41, 5.74) is 1.87. The molecule has 1 amide bonds. The lowest BCUT2D eigenvalue weighted by Crippen LogP contribution is -2.24. The van der Waals surface area contributed by atoms with Gasteiger partial charge in [0.25, 0.3) is 5.91 Å². The molecule has 82 valence electrons. The van der Waals surface area contributed by atoms with Gasteiger partial charge >= 0.3 is 0 Å². The molecule has 0 fully saturated rings. The van der Waals surface area contributed by atoms with E-state index in [0.717, 1.165) is 5.56 Å². The molecular weight excluding hydrogens is 305 g/mol. The van der Waals surface area contributed by atoms with Crippen LogP contribution in [0.15, 0.2) is 24.3 Å². The number of rotatable bonds is 4. The van der Waals surface area contributed by atoms with Crippen LogP contribution in [-0.2, 0) is 4.74 Å². The minimum Gasteiger partial charge on any atom is -0.383 e. The molecule has 0 atom stereocenters. The fourth-order valence-electron chi connectivity index (χ4n) is 1.11. The van der Waals surface area contributed by atoms with Gasteiger partial charge in [0.1, 0.15) is 0 Å². The van der Waals surface area contributed by atoms with E-state index in [1.807, 2.05) is 54.1 Å². The summed E-state index contributed by atoms with van der Waals surface area (Å²) in [5.74, 6) is 0.0210. The summed E-state index contributed by atoms with van der Waals surface area (Å²) in [7, 11) is 1.63. The first-order valence-corrected chi connectivity index (χ1v) is 5.65. The molecule has 0 heterocycles. The Balaban J connectivity index is 2.63. The number of amides is 1. The van der Waals surface area contributed by atoms with Crippen molar-refractivity contribution in [3.8, 4) is 0 Å². The van der Waals surface area contributed by atoms with Crippen molar-refractivity contribution in [3.63, 3.8) is 0 Å². The second-order valence-corrected chi connectivity index (χ2v) is 4.41. The number of carbonyl (C=O) groups is 1. The van der Waals surface area contributed by atoms with Gasteiger partial charge in [-0.2, -0.15) is 0 Å². The van der Waals surface area contributed by atoms with Crippen LogP contribution < -0.4 is 0 Å². The number of halogens is 1. The van der Waals surface area contributed by atoms with Crippen molar-refractivity contribution >= 4 is 28.8 Å². The van der Waals surface area contributed by atoms with Gasteiger partial charge in [-0.05, 0) is 19.1 Å². The largest absolute Gasteiger partial charge is 0.383 e. The van der Waals surface area contributed by atoms with Gasteiger partial charge < -0.3 is 4.74 Å². The molecule has 15 heavy (non-hydrogen) atoms. The van der Waals surface area contributed by atoms with Gasteiger partial charge in [0.15, 0.2) is 0 Å². The molecular formula is C11H14INO2. The number of carbonyl (C=O) groups excluding carboxylic acids is 1. The molecule has 0 aromatic heterocycles. The third kappa shape index (κ3) is 3.79. The third-order valence-electron chi connectivity index (χ3n) is 2.01. The van der Waals surface area contributed by atoms with E-state index in [9.17, 15) is 4.79 Å². The Bertz CT molecular complexity index is 324. The Labute approximate surface area is 104 Å². The molecule has 0 unspecified atom stereocenters. The average Bonchev–Trinajstić information content (AvgIpc) is 2.26. The standard InChI is InChI=1S/C11H14INO2/c1-9-3-5-10(6-4-9)11(14)13(12)7-8-15-2/h3-6H,7-8H2,1-2H3. The Morgan fingerprint density at radius 3 is 2.53 bits per heavy atom. The van der Waals surface area contributed by atoms with Crippen LogP contribution in [0.4, 0.5) is 0 Å². The second-order valence-electron chi connectivity index (χ2n) is 3.25. The van der Waals surface area contributed by atoms with Gasteiger partial charge in [-0.1, -0.05) is 17.7 Å². The maximum Gasteiger partial charge on any atom is 0.262 e. The first-order valence-electron chi connectivity index (χ1n) is 4.68. The summed E-state index contributed by atoms with van der Waals surface area (Å²) in [4.78, 5) is 11.8. The lowest BCUT2D eigenvalue weighted by molar-refractivity contribution is 0.0859. The van der Waals surface area contributed by atoms with E-state index in [2.05, 4.69) is 0 Å². The zero-order valence-electron chi connectivity index (χ0n) is 8.87. The molecule has 0 radical (unpaired) electrons. The average molecular weight is 319 g/mol. The van der Waals surface area contributed by atoms with Crippen LogP contribution in [0.2, 0.25) is 0 Å². The fourth-order valence-corrected chi connectivity index (χ4v) is 1.58. The van der Waals surface area contributed by atoms with E-state index in [4.69, 9.17) is 4.74 Å². The molecule has 0 bridgehead atoms. The van der Waals surface area contributed by atoms with Crippen molar-refractivity contribution in [1.29, 1.82) is 0 Å². The Kier molecular flexibility index (Phi) is 5.04. The predicted molar refractivity (Wildman–Crippen MR) is 68.1 cm³/mol. The highest BCUT2D eigenvalue weighted by atomic mass is 127. The van der Waals surface area contributed by atoms with Gasteiger partial charge in [0, 0.05) is 12.7 Å². The third-order valence-corrected chi connectivity index (χ3v) is 2.93. The Morgan fingerprint density at radius 1 is 1.40 bits per heavy atom. The van der Waals surface area contributed by atoms with Crippen molar-refractivity contribution in [2.45, 2.75) is 6.92 Å². The minimum absolute atomic E-state index is 0.0210. The predicted octanol–water partition coefficient (Wildman–Crippen LogP) is 2.43. The molecule has 3 nitrogen and oxygen atoms in total. The van der Waals surface area contributed by atoms with Crippen LogP contribution in [0.3, 0.4) is 0 Å². The van der Waals surface area contributed by atoms with E-state index in [-0.39, 0.29) is 5.91 Å². The summed E-state index contributed by atoms with van der Waals surface area (Å²) in [6, 6.07) is 7.56. The highest BCUT2D eigenvalue weighted by Gasteiger charge is 2.11. The number of ether oxygens (including phenoxy) is 1. The molecule has 0 aliphatic carbocycles. The maximum absolute atomic E-state index is 11.8. The lowest BCUT2D eigenvalue weighted by atomic mass is 10.1. The van der Waals surface area contributed by atoms with Crippen molar-refractivity contribution in [1.82, 2.24) is 3.11 Å². The molecule has 0 N–H and O–H groups in total. The summed E-state index contributed by atoms with van der Waals surface area (Å²) >= 11 is 2.01. The van der Waals surface area contributed by atoms with E-state index in [1.54, 1.807) is 10.2 Å². The first kappa shape index (κ1) is 12.4. The first-order chi connectivity index (χ1) is 7.15. The van der Waals surface area contributed by atoms with Gasteiger partial charge in [0.2, 0.25) is 0 Å². The molecule has 0 aliphatic rings. The number of aryl methyl sites for hydroxylation is 1.